The van der Waals surface area contributed by atoms with Crippen molar-refractivity contribution in [1.29, 1.82) is 0 Å². The van der Waals surface area contributed by atoms with Crippen LogP contribution in [-0.2, 0) is 12.0 Å². The molecule has 0 N–H and O–H groups in total. The van der Waals surface area contributed by atoms with E-state index in [9.17, 15) is 0 Å². The molecule has 0 aliphatic heterocycles. The molecule has 1 heteroatoms. The molecule has 0 saturated heterocycles. The largest absolute Gasteiger partial charge is 0.489 e. The minimum atomic E-state index is 0.236. The number of hydrogen-bond donors (Lipinski definition) is 0. The van der Waals surface area contributed by atoms with Crippen LogP contribution in [0.1, 0.15) is 82.9 Å². The summed E-state index contributed by atoms with van der Waals surface area (Å²) in [5.74, 6) is 1.52. The van der Waals surface area contributed by atoms with Crippen molar-refractivity contribution in [1.82, 2.24) is 0 Å². The zero-order chi connectivity index (χ0) is 18.3. The fourth-order valence-corrected chi connectivity index (χ4v) is 3.13. The van der Waals surface area contributed by atoms with Crippen molar-refractivity contribution in [3.8, 4) is 5.75 Å². The molecule has 0 aromatic heterocycles. The minimum absolute atomic E-state index is 0.236. The van der Waals surface area contributed by atoms with Gasteiger partial charge in [0.2, 0.25) is 0 Å². The lowest BCUT2D eigenvalue weighted by molar-refractivity contribution is 0.306. The summed E-state index contributed by atoms with van der Waals surface area (Å²) in [5, 5.41) is 0. The molecule has 2 aromatic carbocycles. The van der Waals surface area contributed by atoms with Crippen molar-refractivity contribution in [2.45, 2.75) is 78.2 Å². The molecular weight excluding hydrogens is 304 g/mol. The van der Waals surface area contributed by atoms with Crippen molar-refractivity contribution < 1.29 is 4.74 Å². The molecule has 0 bridgehead atoms. The average molecular weight is 339 g/mol. The van der Waals surface area contributed by atoms with Gasteiger partial charge in [0.25, 0.3) is 0 Å². The van der Waals surface area contributed by atoms with Crippen LogP contribution in [0.25, 0.3) is 0 Å². The first-order valence-corrected chi connectivity index (χ1v) is 9.74. The topological polar surface area (TPSA) is 9.23 Å². The first kappa shape index (κ1) is 19.6. The van der Waals surface area contributed by atoms with E-state index < -0.39 is 0 Å². The van der Waals surface area contributed by atoms with Gasteiger partial charge < -0.3 is 4.74 Å². The maximum atomic E-state index is 5.96. The third kappa shape index (κ3) is 5.92. The van der Waals surface area contributed by atoms with Gasteiger partial charge in [-0.15, -0.1) is 0 Å². The summed E-state index contributed by atoms with van der Waals surface area (Å²) >= 11 is 0. The number of ether oxygens (including phenoxy) is 1. The molecule has 0 heterocycles. The Morgan fingerprint density at radius 3 is 2.08 bits per heavy atom. The Morgan fingerprint density at radius 2 is 1.52 bits per heavy atom. The van der Waals surface area contributed by atoms with Crippen LogP contribution >= 0.6 is 0 Å². The van der Waals surface area contributed by atoms with Gasteiger partial charge in [0, 0.05) is 0 Å². The molecule has 0 radical (unpaired) electrons. The lowest BCUT2D eigenvalue weighted by Crippen LogP contribution is -2.16. The summed E-state index contributed by atoms with van der Waals surface area (Å²) in [6.07, 6.45) is 5.14. The predicted molar refractivity (Wildman–Crippen MR) is 108 cm³/mol. The van der Waals surface area contributed by atoms with E-state index in [1.165, 1.54) is 42.4 Å². The standard InChI is InChI=1S/C24H34O/c1-6-7-8-17-24(4,5)22-13-15-23(16-14-22)25-18-20-9-11-21(12-10-20)19(2)3/h9-16,19H,6-8,17-18H2,1-5H3. The first-order chi connectivity index (χ1) is 11.9. The van der Waals surface area contributed by atoms with E-state index >= 15 is 0 Å². The summed E-state index contributed by atoms with van der Waals surface area (Å²) in [6.45, 7) is 12.0. The molecule has 0 aliphatic rings. The molecule has 1 nitrogen and oxygen atoms in total. The molecule has 0 spiro atoms. The molecule has 0 atom stereocenters. The van der Waals surface area contributed by atoms with E-state index in [-0.39, 0.29) is 5.41 Å². The highest BCUT2D eigenvalue weighted by molar-refractivity contribution is 5.32. The highest BCUT2D eigenvalue weighted by Crippen LogP contribution is 2.30. The van der Waals surface area contributed by atoms with Crippen LogP contribution in [0.5, 0.6) is 5.75 Å². The monoisotopic (exact) mass is 338 g/mol. The van der Waals surface area contributed by atoms with Crippen molar-refractivity contribution >= 4 is 0 Å². The molecule has 0 aliphatic carbocycles. The van der Waals surface area contributed by atoms with Crippen molar-refractivity contribution in [3.63, 3.8) is 0 Å². The molecular formula is C24H34O. The SMILES string of the molecule is CCCCCC(C)(C)c1ccc(OCc2ccc(C(C)C)cc2)cc1. The molecule has 0 saturated carbocycles. The Hall–Kier alpha value is -1.76. The average Bonchev–Trinajstić information content (AvgIpc) is 2.61. The normalized spacial score (nSPS) is 11.8. The minimum Gasteiger partial charge on any atom is -0.489 e. The van der Waals surface area contributed by atoms with Gasteiger partial charge in [0.1, 0.15) is 12.4 Å². The third-order valence-corrected chi connectivity index (χ3v) is 5.09. The van der Waals surface area contributed by atoms with Gasteiger partial charge in [-0.3, -0.25) is 0 Å². The summed E-state index contributed by atoms with van der Waals surface area (Å²) < 4.78 is 5.96. The number of hydrogen-bond acceptors (Lipinski definition) is 1. The van der Waals surface area contributed by atoms with Crippen molar-refractivity contribution in [3.05, 3.63) is 65.2 Å². The maximum absolute atomic E-state index is 5.96. The quantitative estimate of drug-likeness (QED) is 0.438. The first-order valence-electron chi connectivity index (χ1n) is 9.74. The van der Waals surface area contributed by atoms with Crippen LogP contribution in [-0.4, -0.2) is 0 Å². The van der Waals surface area contributed by atoms with Gasteiger partial charge in [-0.1, -0.05) is 90.3 Å². The van der Waals surface area contributed by atoms with Gasteiger partial charge in [-0.2, -0.15) is 0 Å². The van der Waals surface area contributed by atoms with E-state index in [4.69, 9.17) is 4.74 Å². The van der Waals surface area contributed by atoms with Crippen molar-refractivity contribution in [2.75, 3.05) is 0 Å². The maximum Gasteiger partial charge on any atom is 0.119 e. The van der Waals surface area contributed by atoms with Gasteiger partial charge >= 0.3 is 0 Å². The van der Waals surface area contributed by atoms with E-state index in [0.29, 0.717) is 12.5 Å². The Balaban J connectivity index is 1.91. The second kappa shape index (κ2) is 9.08. The molecule has 2 aromatic rings. The Bertz CT molecular complexity index is 620. The lowest BCUT2D eigenvalue weighted by Gasteiger charge is -2.25. The Labute approximate surface area is 154 Å². The predicted octanol–water partition coefficient (Wildman–Crippen LogP) is 7.25. The van der Waals surface area contributed by atoms with E-state index in [0.717, 1.165) is 5.75 Å². The van der Waals surface area contributed by atoms with Crippen LogP contribution < -0.4 is 4.74 Å². The van der Waals surface area contributed by atoms with E-state index in [2.05, 4.69) is 83.1 Å². The van der Waals surface area contributed by atoms with E-state index in [1.807, 2.05) is 0 Å². The summed E-state index contributed by atoms with van der Waals surface area (Å²) in [6, 6.07) is 17.4. The van der Waals surface area contributed by atoms with Crippen LogP contribution in [0, 0.1) is 0 Å². The Morgan fingerprint density at radius 1 is 0.880 bits per heavy atom. The number of unbranched alkanes of at least 4 members (excludes halogenated alkanes) is 2. The molecule has 0 unspecified atom stereocenters. The second-order valence-electron chi connectivity index (χ2n) is 8.05. The van der Waals surface area contributed by atoms with Crippen molar-refractivity contribution in [2.24, 2.45) is 0 Å². The molecule has 2 rings (SSSR count). The molecule has 25 heavy (non-hydrogen) atoms. The fraction of sp³-hybridized carbons (Fsp3) is 0.500. The summed E-state index contributed by atoms with van der Waals surface area (Å²) in [4.78, 5) is 0. The third-order valence-electron chi connectivity index (χ3n) is 5.09. The van der Waals surface area contributed by atoms with Crippen LogP contribution in [0.4, 0.5) is 0 Å². The smallest absolute Gasteiger partial charge is 0.119 e. The zero-order valence-corrected chi connectivity index (χ0v) is 16.6. The van der Waals surface area contributed by atoms with Crippen LogP contribution in [0.2, 0.25) is 0 Å². The van der Waals surface area contributed by atoms with Crippen LogP contribution in [0.3, 0.4) is 0 Å². The fourth-order valence-electron chi connectivity index (χ4n) is 3.13. The molecule has 0 amide bonds. The number of rotatable bonds is 9. The zero-order valence-electron chi connectivity index (χ0n) is 16.6. The molecule has 136 valence electrons. The van der Waals surface area contributed by atoms with Gasteiger partial charge in [0.15, 0.2) is 0 Å². The molecule has 0 fully saturated rings. The lowest BCUT2D eigenvalue weighted by atomic mass is 9.80. The van der Waals surface area contributed by atoms with Crippen LogP contribution in [0.15, 0.2) is 48.5 Å². The van der Waals surface area contributed by atoms with Gasteiger partial charge in [-0.05, 0) is 46.6 Å². The van der Waals surface area contributed by atoms with Gasteiger partial charge in [-0.25, -0.2) is 0 Å². The second-order valence-corrected chi connectivity index (χ2v) is 8.05. The highest BCUT2D eigenvalue weighted by atomic mass is 16.5. The number of benzene rings is 2. The van der Waals surface area contributed by atoms with Gasteiger partial charge in [0.05, 0.1) is 0 Å². The summed E-state index contributed by atoms with van der Waals surface area (Å²) in [5.41, 5.74) is 4.23. The highest BCUT2D eigenvalue weighted by Gasteiger charge is 2.19. The summed E-state index contributed by atoms with van der Waals surface area (Å²) in [7, 11) is 0. The Kier molecular flexibility index (Phi) is 7.11. The van der Waals surface area contributed by atoms with E-state index in [1.54, 1.807) is 0 Å².